The first-order valence-corrected chi connectivity index (χ1v) is 9.24. The molecule has 2 rings (SSSR count). The molecule has 2 N–H and O–H groups in total. The van der Waals surface area contributed by atoms with Crippen LogP contribution in [0.2, 0.25) is 0 Å². The summed E-state index contributed by atoms with van der Waals surface area (Å²) in [6, 6.07) is 15.0. The maximum absolute atomic E-state index is 13.5. The van der Waals surface area contributed by atoms with Gasteiger partial charge in [0.1, 0.15) is 25.0 Å². The van der Waals surface area contributed by atoms with Crippen molar-refractivity contribution in [3.05, 3.63) is 65.5 Å². The largest absolute Gasteiger partial charge is 0.385 e. The zero-order valence-corrected chi connectivity index (χ0v) is 15.0. The van der Waals surface area contributed by atoms with Gasteiger partial charge in [0.15, 0.2) is 0 Å². The van der Waals surface area contributed by atoms with Crippen LogP contribution >= 0.6 is 11.8 Å². The maximum Gasteiger partial charge on any atom is 0.128 e. The highest BCUT2D eigenvalue weighted by molar-refractivity contribution is 7.98. The van der Waals surface area contributed by atoms with Crippen LogP contribution in [0.25, 0.3) is 0 Å². The number of halogens is 1. The Labute approximate surface area is 147 Å². The van der Waals surface area contributed by atoms with Crippen molar-refractivity contribution in [1.29, 1.82) is 0 Å². The summed E-state index contributed by atoms with van der Waals surface area (Å²) in [4.78, 5) is 2.45. The lowest BCUT2D eigenvalue weighted by Crippen LogP contribution is -3.08. The Morgan fingerprint density at radius 2 is 1.88 bits per heavy atom. The molecule has 0 saturated carbocycles. The monoisotopic (exact) mass is 350 g/mol. The van der Waals surface area contributed by atoms with Crippen molar-refractivity contribution in [3.63, 3.8) is 0 Å². The summed E-state index contributed by atoms with van der Waals surface area (Å²) in [5.74, 6) is -0.275. The van der Waals surface area contributed by atoms with Gasteiger partial charge in [-0.3, -0.25) is 0 Å². The topological polar surface area (TPSA) is 33.9 Å². The number of benzene rings is 2. The van der Waals surface area contributed by atoms with Crippen LogP contribution in [0.15, 0.2) is 53.4 Å². The molecule has 0 amide bonds. The number of likely N-dealkylation sites (N-methyl/N-ethyl adjacent to an activating group) is 1. The molecule has 24 heavy (non-hydrogen) atoms. The minimum Gasteiger partial charge on any atom is -0.385 e. The Morgan fingerprint density at radius 1 is 1.17 bits per heavy atom. The van der Waals surface area contributed by atoms with E-state index in [2.05, 4.69) is 30.5 Å². The molecular weight excluding hydrogens is 325 g/mol. The first-order chi connectivity index (χ1) is 11.6. The third-order valence-corrected chi connectivity index (χ3v) is 4.52. The van der Waals surface area contributed by atoms with Crippen molar-refractivity contribution < 1.29 is 19.1 Å². The van der Waals surface area contributed by atoms with E-state index < -0.39 is 6.10 Å². The van der Waals surface area contributed by atoms with Crippen LogP contribution < -0.4 is 4.90 Å². The summed E-state index contributed by atoms with van der Waals surface area (Å²) >= 11 is 1.73. The number of quaternary nitrogens is 1. The van der Waals surface area contributed by atoms with Gasteiger partial charge in [0, 0.05) is 16.0 Å². The number of rotatable bonds is 9. The number of nitrogens with one attached hydrogen (secondary N) is 1. The molecule has 0 aromatic heterocycles. The third kappa shape index (κ3) is 6.24. The summed E-state index contributed by atoms with van der Waals surface area (Å²) in [6.07, 6.45) is 1.49. The predicted molar refractivity (Wildman–Crippen MR) is 95.7 cm³/mol. The molecule has 0 aliphatic carbocycles. The zero-order chi connectivity index (χ0) is 17.4. The molecule has 130 valence electrons. The molecule has 0 aliphatic rings. The van der Waals surface area contributed by atoms with Crippen molar-refractivity contribution >= 4 is 11.8 Å². The minimum absolute atomic E-state index is 0.179. The second kappa shape index (κ2) is 9.79. The van der Waals surface area contributed by atoms with Gasteiger partial charge < -0.3 is 14.7 Å². The Kier molecular flexibility index (Phi) is 7.72. The number of hydrogen-bond acceptors (Lipinski definition) is 3. The summed E-state index contributed by atoms with van der Waals surface area (Å²) in [7, 11) is 2.04. The molecule has 0 bridgehead atoms. The normalized spacial score (nSPS) is 13.7. The van der Waals surface area contributed by atoms with E-state index in [1.165, 1.54) is 21.4 Å². The smallest absolute Gasteiger partial charge is 0.128 e. The van der Waals surface area contributed by atoms with Crippen molar-refractivity contribution in [2.75, 3.05) is 26.5 Å². The summed E-state index contributed by atoms with van der Waals surface area (Å²) < 4.78 is 18.9. The van der Waals surface area contributed by atoms with Crippen LogP contribution in [0.3, 0.4) is 0 Å². The SMILES string of the molecule is CSc1ccc(C[NH+](C)C[C@@H](O)COCc2ccccc2F)cc1. The van der Waals surface area contributed by atoms with Gasteiger partial charge in [-0.05, 0) is 24.5 Å². The van der Waals surface area contributed by atoms with E-state index in [1.54, 1.807) is 30.0 Å². The van der Waals surface area contributed by atoms with E-state index in [1.807, 2.05) is 7.05 Å². The molecule has 0 fully saturated rings. The highest BCUT2D eigenvalue weighted by Gasteiger charge is 2.12. The van der Waals surface area contributed by atoms with Gasteiger partial charge >= 0.3 is 0 Å². The van der Waals surface area contributed by atoms with Crippen molar-refractivity contribution in [2.45, 2.75) is 24.2 Å². The summed E-state index contributed by atoms with van der Waals surface area (Å²) in [5, 5.41) is 10.1. The van der Waals surface area contributed by atoms with Gasteiger partial charge in [-0.15, -0.1) is 11.8 Å². The molecule has 0 heterocycles. The summed E-state index contributed by atoms with van der Waals surface area (Å²) in [6.45, 7) is 1.82. The fraction of sp³-hybridized carbons (Fsp3) is 0.368. The van der Waals surface area contributed by atoms with Crippen LogP contribution in [0.4, 0.5) is 4.39 Å². The minimum atomic E-state index is -0.567. The third-order valence-electron chi connectivity index (χ3n) is 3.77. The number of hydrogen-bond donors (Lipinski definition) is 2. The Morgan fingerprint density at radius 3 is 2.54 bits per heavy atom. The summed E-state index contributed by atoms with van der Waals surface area (Å²) in [5.41, 5.74) is 1.75. The highest BCUT2D eigenvalue weighted by atomic mass is 32.2. The lowest BCUT2D eigenvalue weighted by Gasteiger charge is -2.18. The van der Waals surface area contributed by atoms with Crippen LogP contribution in [0, 0.1) is 5.82 Å². The van der Waals surface area contributed by atoms with Crippen molar-refractivity contribution in [1.82, 2.24) is 0 Å². The molecular formula is C19H25FNO2S+. The molecule has 2 atom stereocenters. The first-order valence-electron chi connectivity index (χ1n) is 8.02. The number of ether oxygens (including phenoxy) is 1. The zero-order valence-electron chi connectivity index (χ0n) is 14.2. The number of aliphatic hydroxyl groups excluding tert-OH is 1. The van der Waals surface area contributed by atoms with E-state index in [9.17, 15) is 9.50 Å². The second-order valence-corrected chi connectivity index (χ2v) is 6.83. The average molecular weight is 350 g/mol. The van der Waals surface area contributed by atoms with Gasteiger partial charge in [-0.25, -0.2) is 4.39 Å². The van der Waals surface area contributed by atoms with Crippen LogP contribution in [0.5, 0.6) is 0 Å². The predicted octanol–water partition coefficient (Wildman–Crippen LogP) is 2.14. The lowest BCUT2D eigenvalue weighted by atomic mass is 10.2. The number of thioether (sulfide) groups is 1. The van der Waals surface area contributed by atoms with Crippen molar-refractivity contribution in [2.24, 2.45) is 0 Å². The first kappa shape index (κ1) is 18.9. The molecule has 0 radical (unpaired) electrons. The van der Waals surface area contributed by atoms with Gasteiger partial charge in [0.2, 0.25) is 0 Å². The lowest BCUT2D eigenvalue weighted by molar-refractivity contribution is -0.897. The van der Waals surface area contributed by atoms with Crippen LogP contribution in [-0.4, -0.2) is 37.7 Å². The van der Waals surface area contributed by atoms with Crippen molar-refractivity contribution in [3.8, 4) is 0 Å². The molecule has 0 saturated heterocycles. The Balaban J connectivity index is 1.71. The molecule has 5 heteroatoms. The van der Waals surface area contributed by atoms with E-state index in [-0.39, 0.29) is 19.0 Å². The fourth-order valence-corrected chi connectivity index (χ4v) is 2.95. The molecule has 0 aliphatic heterocycles. The quantitative estimate of drug-likeness (QED) is 0.680. The van der Waals surface area contributed by atoms with E-state index >= 15 is 0 Å². The molecule has 0 spiro atoms. The van der Waals surface area contributed by atoms with Crippen LogP contribution in [-0.2, 0) is 17.9 Å². The van der Waals surface area contributed by atoms with Gasteiger partial charge in [-0.1, -0.05) is 30.3 Å². The van der Waals surface area contributed by atoms with E-state index in [4.69, 9.17) is 4.74 Å². The van der Waals surface area contributed by atoms with Gasteiger partial charge in [-0.2, -0.15) is 0 Å². The highest BCUT2D eigenvalue weighted by Crippen LogP contribution is 2.14. The standard InChI is InChI=1S/C19H24FNO2S/c1-21(11-15-7-9-18(24-2)10-8-15)12-17(22)14-23-13-16-5-3-4-6-19(16)20/h3-10,17,22H,11-14H2,1-2H3/p+1/t17-/m1/s1. The maximum atomic E-state index is 13.5. The molecule has 3 nitrogen and oxygen atoms in total. The fourth-order valence-electron chi connectivity index (χ4n) is 2.55. The van der Waals surface area contributed by atoms with E-state index in [0.717, 1.165) is 6.54 Å². The molecule has 1 unspecified atom stereocenters. The molecule has 2 aromatic rings. The number of aliphatic hydroxyl groups is 1. The average Bonchev–Trinajstić information content (AvgIpc) is 2.57. The van der Waals surface area contributed by atoms with Gasteiger partial charge in [0.25, 0.3) is 0 Å². The Bertz CT molecular complexity index is 621. The Hall–Kier alpha value is -1.40. The van der Waals surface area contributed by atoms with E-state index in [0.29, 0.717) is 12.1 Å². The van der Waals surface area contributed by atoms with Gasteiger partial charge in [0.05, 0.1) is 20.3 Å². The van der Waals surface area contributed by atoms with Crippen LogP contribution in [0.1, 0.15) is 11.1 Å². The molecule has 2 aromatic carbocycles. The second-order valence-electron chi connectivity index (χ2n) is 5.95.